The predicted molar refractivity (Wildman–Crippen MR) is 102 cm³/mol. The fourth-order valence-corrected chi connectivity index (χ4v) is 3.41. The molecule has 1 aliphatic heterocycles. The standard InChI is InChI=1S/C20H21N5O3/c1-13(26)22-15-7-5-14(6-8-15)11-25-12-16(27)10-18(25)20-23-19(24-28-20)17-4-2-3-9-21-17/h2-9,16,18,27H,10-12H2,1H3,(H,22,26)/t16-,18+/m1/s1. The summed E-state index contributed by atoms with van der Waals surface area (Å²) in [4.78, 5) is 22.0. The fourth-order valence-electron chi connectivity index (χ4n) is 3.41. The van der Waals surface area contributed by atoms with Crippen LogP contribution in [0.5, 0.6) is 0 Å². The Morgan fingerprint density at radius 3 is 2.82 bits per heavy atom. The zero-order valence-electron chi connectivity index (χ0n) is 15.4. The van der Waals surface area contributed by atoms with E-state index < -0.39 is 6.10 Å². The molecule has 8 heteroatoms. The first-order valence-electron chi connectivity index (χ1n) is 9.12. The molecule has 4 rings (SSSR count). The van der Waals surface area contributed by atoms with Crippen LogP contribution in [0.2, 0.25) is 0 Å². The van der Waals surface area contributed by atoms with Gasteiger partial charge in [0.1, 0.15) is 5.69 Å². The van der Waals surface area contributed by atoms with Gasteiger partial charge in [0, 0.05) is 31.9 Å². The van der Waals surface area contributed by atoms with Crippen molar-refractivity contribution in [2.45, 2.75) is 32.0 Å². The molecule has 3 aromatic rings. The molecule has 0 aliphatic carbocycles. The summed E-state index contributed by atoms with van der Waals surface area (Å²) in [5, 5.41) is 17.0. The molecule has 0 saturated carbocycles. The first kappa shape index (κ1) is 18.3. The van der Waals surface area contributed by atoms with E-state index in [9.17, 15) is 9.90 Å². The molecule has 1 fully saturated rings. The molecule has 0 radical (unpaired) electrons. The van der Waals surface area contributed by atoms with Gasteiger partial charge in [0.05, 0.1) is 12.1 Å². The van der Waals surface area contributed by atoms with Crippen LogP contribution < -0.4 is 5.32 Å². The maximum absolute atomic E-state index is 11.1. The topological polar surface area (TPSA) is 104 Å². The number of nitrogens with zero attached hydrogens (tertiary/aromatic N) is 4. The van der Waals surface area contributed by atoms with Gasteiger partial charge in [0.2, 0.25) is 17.6 Å². The van der Waals surface area contributed by atoms with Crippen LogP contribution in [0.1, 0.15) is 30.8 Å². The highest BCUT2D eigenvalue weighted by Gasteiger charge is 2.36. The molecular formula is C20H21N5O3. The van der Waals surface area contributed by atoms with Gasteiger partial charge in [-0.05, 0) is 36.2 Å². The van der Waals surface area contributed by atoms with Crippen molar-refractivity contribution in [2.75, 3.05) is 11.9 Å². The van der Waals surface area contributed by atoms with Crippen LogP contribution in [-0.2, 0) is 11.3 Å². The summed E-state index contributed by atoms with van der Waals surface area (Å²) in [7, 11) is 0. The molecule has 0 bridgehead atoms. The molecule has 2 aromatic heterocycles. The van der Waals surface area contributed by atoms with Crippen molar-refractivity contribution in [3.63, 3.8) is 0 Å². The third kappa shape index (κ3) is 4.08. The Kier molecular flexibility index (Phi) is 5.14. The van der Waals surface area contributed by atoms with E-state index in [-0.39, 0.29) is 11.9 Å². The fraction of sp³-hybridized carbons (Fsp3) is 0.300. The third-order valence-electron chi connectivity index (χ3n) is 4.66. The molecule has 0 spiro atoms. The maximum Gasteiger partial charge on any atom is 0.244 e. The maximum atomic E-state index is 11.1. The molecule has 0 unspecified atom stereocenters. The van der Waals surface area contributed by atoms with E-state index in [1.807, 2.05) is 42.5 Å². The van der Waals surface area contributed by atoms with Crippen molar-refractivity contribution >= 4 is 11.6 Å². The molecule has 1 saturated heterocycles. The molecule has 3 heterocycles. The summed E-state index contributed by atoms with van der Waals surface area (Å²) in [6.45, 7) is 2.64. The van der Waals surface area contributed by atoms with E-state index in [1.54, 1.807) is 6.20 Å². The van der Waals surface area contributed by atoms with Crippen LogP contribution in [0.3, 0.4) is 0 Å². The number of carbonyl (C=O) groups is 1. The molecule has 2 N–H and O–H groups in total. The Labute approximate surface area is 162 Å². The molecule has 1 amide bonds. The minimum atomic E-state index is -0.450. The summed E-state index contributed by atoms with van der Waals surface area (Å²) < 4.78 is 5.48. The minimum Gasteiger partial charge on any atom is -0.392 e. The minimum absolute atomic E-state index is 0.101. The number of pyridine rings is 1. The summed E-state index contributed by atoms with van der Waals surface area (Å²) in [5.41, 5.74) is 2.47. The van der Waals surface area contributed by atoms with Crippen LogP contribution in [0.4, 0.5) is 5.69 Å². The van der Waals surface area contributed by atoms with Crippen molar-refractivity contribution in [1.82, 2.24) is 20.0 Å². The zero-order valence-corrected chi connectivity index (χ0v) is 15.4. The van der Waals surface area contributed by atoms with Crippen molar-refractivity contribution in [3.8, 4) is 11.5 Å². The second-order valence-electron chi connectivity index (χ2n) is 6.88. The Bertz CT molecular complexity index is 942. The lowest BCUT2D eigenvalue weighted by Crippen LogP contribution is -2.24. The Morgan fingerprint density at radius 1 is 1.29 bits per heavy atom. The first-order chi connectivity index (χ1) is 13.6. The van der Waals surface area contributed by atoms with Crippen molar-refractivity contribution in [2.24, 2.45) is 0 Å². The predicted octanol–water partition coefficient (Wildman–Crippen LogP) is 2.40. The van der Waals surface area contributed by atoms with Gasteiger partial charge in [0.25, 0.3) is 0 Å². The lowest BCUT2D eigenvalue weighted by Gasteiger charge is -2.21. The Morgan fingerprint density at radius 2 is 2.11 bits per heavy atom. The van der Waals surface area contributed by atoms with Crippen LogP contribution in [0.25, 0.3) is 11.5 Å². The number of likely N-dealkylation sites (tertiary alicyclic amines) is 1. The molecule has 144 valence electrons. The quantitative estimate of drug-likeness (QED) is 0.701. The van der Waals surface area contributed by atoms with Gasteiger partial charge in [-0.2, -0.15) is 4.98 Å². The summed E-state index contributed by atoms with van der Waals surface area (Å²) in [6.07, 6.45) is 1.77. The number of nitrogens with one attached hydrogen (secondary N) is 1. The zero-order chi connectivity index (χ0) is 19.5. The highest BCUT2D eigenvalue weighted by molar-refractivity contribution is 5.88. The number of hydrogen-bond donors (Lipinski definition) is 2. The van der Waals surface area contributed by atoms with Crippen molar-refractivity contribution < 1.29 is 14.4 Å². The third-order valence-corrected chi connectivity index (χ3v) is 4.66. The molecule has 28 heavy (non-hydrogen) atoms. The lowest BCUT2D eigenvalue weighted by molar-refractivity contribution is -0.114. The second kappa shape index (κ2) is 7.87. The number of carbonyl (C=O) groups excluding carboxylic acids is 1. The van der Waals surface area contributed by atoms with Crippen LogP contribution in [0, 0.1) is 0 Å². The number of aliphatic hydroxyl groups is 1. The van der Waals surface area contributed by atoms with Crippen molar-refractivity contribution in [1.29, 1.82) is 0 Å². The molecule has 2 atom stereocenters. The van der Waals surface area contributed by atoms with Crippen LogP contribution >= 0.6 is 0 Å². The number of β-amino-alcohol motifs (C(OH)–C–C–N with tert-alkyl or cyclic N) is 1. The Balaban J connectivity index is 1.50. The number of aliphatic hydroxyl groups excluding tert-OH is 1. The average Bonchev–Trinajstić information content (AvgIpc) is 3.30. The van der Waals surface area contributed by atoms with Gasteiger partial charge in [0.15, 0.2) is 0 Å². The number of aromatic nitrogens is 3. The SMILES string of the molecule is CC(=O)Nc1ccc(CN2C[C@H](O)C[C@H]2c2nc(-c3ccccn3)no2)cc1. The van der Waals surface area contributed by atoms with E-state index in [1.165, 1.54) is 6.92 Å². The van der Waals surface area contributed by atoms with Gasteiger partial charge in [-0.25, -0.2) is 0 Å². The monoisotopic (exact) mass is 379 g/mol. The molecule has 8 nitrogen and oxygen atoms in total. The summed E-state index contributed by atoms with van der Waals surface area (Å²) in [6, 6.07) is 13.0. The number of hydrogen-bond acceptors (Lipinski definition) is 7. The van der Waals surface area contributed by atoms with E-state index >= 15 is 0 Å². The van der Waals surface area contributed by atoms with E-state index in [2.05, 4.69) is 25.3 Å². The van der Waals surface area contributed by atoms with E-state index in [0.29, 0.717) is 36.9 Å². The number of benzene rings is 1. The van der Waals surface area contributed by atoms with Crippen LogP contribution in [0.15, 0.2) is 53.2 Å². The van der Waals surface area contributed by atoms with Gasteiger partial charge in [-0.1, -0.05) is 23.4 Å². The van der Waals surface area contributed by atoms with Gasteiger partial charge in [-0.3, -0.25) is 14.7 Å². The lowest BCUT2D eigenvalue weighted by atomic mass is 10.1. The van der Waals surface area contributed by atoms with E-state index in [4.69, 9.17) is 4.52 Å². The number of rotatable bonds is 5. The van der Waals surface area contributed by atoms with Gasteiger partial charge < -0.3 is 14.9 Å². The van der Waals surface area contributed by atoms with Crippen LogP contribution in [-0.4, -0.2) is 43.7 Å². The number of amides is 1. The van der Waals surface area contributed by atoms with Gasteiger partial charge in [-0.15, -0.1) is 0 Å². The first-order valence-corrected chi connectivity index (χ1v) is 9.12. The van der Waals surface area contributed by atoms with E-state index in [0.717, 1.165) is 11.3 Å². The molecular weight excluding hydrogens is 358 g/mol. The normalized spacial score (nSPS) is 19.6. The van der Waals surface area contributed by atoms with Crippen molar-refractivity contribution in [3.05, 3.63) is 60.1 Å². The molecule has 1 aliphatic rings. The average molecular weight is 379 g/mol. The van der Waals surface area contributed by atoms with Gasteiger partial charge >= 0.3 is 0 Å². The molecule has 1 aromatic carbocycles. The smallest absolute Gasteiger partial charge is 0.244 e. The Hall–Kier alpha value is -3.10. The second-order valence-corrected chi connectivity index (χ2v) is 6.88. The number of anilines is 1. The summed E-state index contributed by atoms with van der Waals surface area (Å²) >= 11 is 0. The highest BCUT2D eigenvalue weighted by Crippen LogP contribution is 2.33. The summed E-state index contributed by atoms with van der Waals surface area (Å²) in [5.74, 6) is 0.819. The largest absolute Gasteiger partial charge is 0.392 e. The highest BCUT2D eigenvalue weighted by atomic mass is 16.5.